The zero-order valence-electron chi connectivity index (χ0n) is 11.0. The van der Waals surface area contributed by atoms with Crippen molar-refractivity contribution in [3.63, 3.8) is 0 Å². The number of hydrogen-bond acceptors (Lipinski definition) is 4. The fraction of sp³-hybridized carbons (Fsp3) is 0.143. The van der Waals surface area contributed by atoms with Crippen LogP contribution in [-0.2, 0) is 0 Å². The first-order chi connectivity index (χ1) is 9.65. The molecular formula is C14H15FN4O. The Hall–Kier alpha value is -2.63. The second-order valence-electron chi connectivity index (χ2n) is 4.11. The summed E-state index contributed by atoms with van der Waals surface area (Å²) in [5.41, 5.74) is 6.95. The molecule has 0 amide bonds. The van der Waals surface area contributed by atoms with Crippen molar-refractivity contribution < 1.29 is 9.60 Å². The van der Waals surface area contributed by atoms with Crippen LogP contribution >= 0.6 is 0 Å². The summed E-state index contributed by atoms with van der Waals surface area (Å²) >= 11 is 0. The van der Waals surface area contributed by atoms with Crippen LogP contribution in [0.1, 0.15) is 12.5 Å². The number of nitrogens with two attached hydrogens (primary N) is 1. The summed E-state index contributed by atoms with van der Waals surface area (Å²) in [6.07, 6.45) is 1.58. The van der Waals surface area contributed by atoms with Crippen LogP contribution in [-0.4, -0.2) is 22.6 Å². The number of oxime groups is 1. The lowest BCUT2D eigenvalue weighted by molar-refractivity contribution is 0.318. The van der Waals surface area contributed by atoms with Gasteiger partial charge in [0.1, 0.15) is 11.6 Å². The van der Waals surface area contributed by atoms with Crippen LogP contribution in [0.3, 0.4) is 0 Å². The molecule has 0 radical (unpaired) electrons. The van der Waals surface area contributed by atoms with Gasteiger partial charge in [-0.15, -0.1) is 0 Å². The third kappa shape index (κ3) is 2.85. The maximum absolute atomic E-state index is 13.0. The number of benzene rings is 1. The van der Waals surface area contributed by atoms with Gasteiger partial charge in [0.05, 0.1) is 0 Å². The highest BCUT2D eigenvalue weighted by Crippen LogP contribution is 2.23. The quantitative estimate of drug-likeness (QED) is 0.389. The SMILES string of the molecule is CCN(c1ccc(F)cc1)c1cc(C(N)=NO)ccn1. The van der Waals surface area contributed by atoms with Crippen molar-refractivity contribution in [1.82, 2.24) is 4.98 Å². The summed E-state index contributed by atoms with van der Waals surface area (Å²) in [4.78, 5) is 6.16. The minimum Gasteiger partial charge on any atom is -0.409 e. The maximum Gasteiger partial charge on any atom is 0.170 e. The van der Waals surface area contributed by atoms with Gasteiger partial charge in [0, 0.05) is 24.0 Å². The van der Waals surface area contributed by atoms with Crippen molar-refractivity contribution in [1.29, 1.82) is 0 Å². The molecule has 2 aromatic rings. The Bertz CT molecular complexity index is 613. The Morgan fingerprint density at radius 1 is 1.35 bits per heavy atom. The lowest BCUT2D eigenvalue weighted by atomic mass is 10.2. The van der Waals surface area contributed by atoms with Gasteiger partial charge in [-0.05, 0) is 43.3 Å². The molecule has 20 heavy (non-hydrogen) atoms. The van der Waals surface area contributed by atoms with Gasteiger partial charge in [0.15, 0.2) is 5.84 Å². The summed E-state index contributed by atoms with van der Waals surface area (Å²) in [5.74, 6) is 0.371. The largest absolute Gasteiger partial charge is 0.409 e. The molecule has 3 N–H and O–H groups in total. The van der Waals surface area contributed by atoms with E-state index >= 15 is 0 Å². The monoisotopic (exact) mass is 274 g/mol. The van der Waals surface area contributed by atoms with Crippen molar-refractivity contribution in [2.75, 3.05) is 11.4 Å². The Labute approximate surface area is 116 Å². The van der Waals surface area contributed by atoms with Crippen molar-refractivity contribution in [3.8, 4) is 0 Å². The fourth-order valence-corrected chi connectivity index (χ4v) is 1.88. The number of pyridine rings is 1. The Balaban J connectivity index is 2.39. The second-order valence-corrected chi connectivity index (χ2v) is 4.11. The van der Waals surface area contributed by atoms with Crippen LogP contribution in [0, 0.1) is 5.82 Å². The molecule has 0 aliphatic carbocycles. The van der Waals surface area contributed by atoms with E-state index in [9.17, 15) is 4.39 Å². The van der Waals surface area contributed by atoms with E-state index in [2.05, 4.69) is 10.1 Å². The molecule has 0 unspecified atom stereocenters. The Morgan fingerprint density at radius 2 is 2.05 bits per heavy atom. The summed E-state index contributed by atoms with van der Waals surface area (Å²) in [7, 11) is 0. The third-order valence-electron chi connectivity index (χ3n) is 2.88. The summed E-state index contributed by atoms with van der Waals surface area (Å²) < 4.78 is 13.0. The molecule has 6 heteroatoms. The topological polar surface area (TPSA) is 74.7 Å². The second kappa shape index (κ2) is 6.01. The van der Waals surface area contributed by atoms with Crippen LogP contribution in [0.5, 0.6) is 0 Å². The van der Waals surface area contributed by atoms with Gasteiger partial charge in [-0.3, -0.25) is 0 Å². The van der Waals surface area contributed by atoms with Gasteiger partial charge in [-0.1, -0.05) is 5.16 Å². The Kier molecular flexibility index (Phi) is 4.14. The summed E-state index contributed by atoms with van der Waals surface area (Å²) in [6, 6.07) is 9.50. The molecular weight excluding hydrogens is 259 g/mol. The Morgan fingerprint density at radius 3 is 2.65 bits per heavy atom. The van der Waals surface area contributed by atoms with Crippen LogP contribution < -0.4 is 10.6 Å². The van der Waals surface area contributed by atoms with E-state index in [0.717, 1.165) is 5.69 Å². The van der Waals surface area contributed by atoms with Gasteiger partial charge >= 0.3 is 0 Å². The zero-order chi connectivity index (χ0) is 14.5. The third-order valence-corrected chi connectivity index (χ3v) is 2.88. The molecule has 0 bridgehead atoms. The highest BCUT2D eigenvalue weighted by Gasteiger charge is 2.10. The first-order valence-corrected chi connectivity index (χ1v) is 6.12. The number of rotatable bonds is 4. The average Bonchev–Trinajstić information content (AvgIpc) is 2.49. The lowest BCUT2D eigenvalue weighted by Crippen LogP contribution is -2.19. The van der Waals surface area contributed by atoms with Gasteiger partial charge in [0.25, 0.3) is 0 Å². The normalized spacial score (nSPS) is 11.4. The predicted octanol–water partition coefficient (Wildman–Crippen LogP) is 2.47. The lowest BCUT2D eigenvalue weighted by Gasteiger charge is -2.22. The van der Waals surface area contributed by atoms with E-state index in [0.29, 0.717) is 17.9 Å². The van der Waals surface area contributed by atoms with E-state index in [-0.39, 0.29) is 11.7 Å². The standard InChI is InChI=1S/C14H15FN4O/c1-2-19(12-5-3-11(15)4-6-12)13-9-10(7-8-17-13)14(16)18-20/h3-9,20H,2H2,1H3,(H2,16,18). The number of halogens is 1. The van der Waals surface area contributed by atoms with Gasteiger partial charge in [-0.25, -0.2) is 9.37 Å². The zero-order valence-corrected chi connectivity index (χ0v) is 11.0. The fourth-order valence-electron chi connectivity index (χ4n) is 1.88. The van der Waals surface area contributed by atoms with E-state index < -0.39 is 0 Å². The van der Waals surface area contributed by atoms with E-state index in [1.165, 1.54) is 12.1 Å². The molecule has 0 saturated carbocycles. The first kappa shape index (κ1) is 13.8. The van der Waals surface area contributed by atoms with Crippen LogP contribution in [0.2, 0.25) is 0 Å². The molecule has 104 valence electrons. The highest BCUT2D eigenvalue weighted by molar-refractivity contribution is 5.97. The minimum atomic E-state index is -0.289. The highest BCUT2D eigenvalue weighted by atomic mass is 19.1. The van der Waals surface area contributed by atoms with Gasteiger partial charge in [-0.2, -0.15) is 0 Å². The smallest absolute Gasteiger partial charge is 0.170 e. The molecule has 0 atom stereocenters. The van der Waals surface area contributed by atoms with Crippen molar-refractivity contribution >= 4 is 17.3 Å². The van der Waals surface area contributed by atoms with E-state index in [1.807, 2.05) is 11.8 Å². The van der Waals surface area contributed by atoms with Crippen molar-refractivity contribution in [2.24, 2.45) is 10.9 Å². The molecule has 0 aliphatic heterocycles. The molecule has 2 rings (SSSR count). The molecule has 1 heterocycles. The van der Waals surface area contributed by atoms with E-state index in [4.69, 9.17) is 10.9 Å². The molecule has 0 saturated heterocycles. The maximum atomic E-state index is 13.0. The van der Waals surface area contributed by atoms with Gasteiger partial charge in [0.2, 0.25) is 0 Å². The first-order valence-electron chi connectivity index (χ1n) is 6.12. The molecule has 1 aromatic heterocycles. The number of hydrogen-bond donors (Lipinski definition) is 2. The molecule has 1 aromatic carbocycles. The predicted molar refractivity (Wildman–Crippen MR) is 75.8 cm³/mol. The molecule has 5 nitrogen and oxygen atoms in total. The number of anilines is 2. The summed E-state index contributed by atoms with van der Waals surface area (Å²) in [6.45, 7) is 2.61. The van der Waals surface area contributed by atoms with Crippen molar-refractivity contribution in [3.05, 3.63) is 54.0 Å². The van der Waals surface area contributed by atoms with Gasteiger partial charge < -0.3 is 15.8 Å². The minimum absolute atomic E-state index is 0.0174. The number of aromatic nitrogens is 1. The van der Waals surface area contributed by atoms with E-state index in [1.54, 1.807) is 30.5 Å². The average molecular weight is 274 g/mol. The van der Waals surface area contributed by atoms with Crippen LogP contribution in [0.4, 0.5) is 15.9 Å². The van der Waals surface area contributed by atoms with Crippen LogP contribution in [0.25, 0.3) is 0 Å². The number of amidine groups is 1. The van der Waals surface area contributed by atoms with Crippen LogP contribution in [0.15, 0.2) is 47.8 Å². The summed E-state index contributed by atoms with van der Waals surface area (Å²) in [5, 5.41) is 11.7. The molecule has 0 spiro atoms. The van der Waals surface area contributed by atoms with Crippen molar-refractivity contribution in [2.45, 2.75) is 6.92 Å². The number of nitrogens with zero attached hydrogens (tertiary/aromatic N) is 3. The molecule has 0 fully saturated rings. The molecule has 0 aliphatic rings.